The lowest BCUT2D eigenvalue weighted by atomic mass is 9.82. The van der Waals surface area contributed by atoms with Crippen molar-refractivity contribution in [3.8, 4) is 0 Å². The summed E-state index contributed by atoms with van der Waals surface area (Å²) in [5, 5.41) is 13.2. The van der Waals surface area contributed by atoms with Gasteiger partial charge in [0, 0.05) is 25.3 Å². The van der Waals surface area contributed by atoms with E-state index in [1.807, 2.05) is 19.1 Å². The van der Waals surface area contributed by atoms with Crippen molar-refractivity contribution in [2.24, 2.45) is 0 Å². The SMILES string of the molecule is CC[C@@H](O)CNC1(c2ccc(F)cc2)CCOCC1. The van der Waals surface area contributed by atoms with Gasteiger partial charge in [-0.05, 0) is 37.0 Å². The van der Waals surface area contributed by atoms with Crippen LogP contribution in [0.15, 0.2) is 24.3 Å². The highest BCUT2D eigenvalue weighted by Gasteiger charge is 2.34. The van der Waals surface area contributed by atoms with E-state index in [1.54, 1.807) is 0 Å². The Balaban J connectivity index is 2.16. The molecule has 2 N–H and O–H groups in total. The normalized spacial score (nSPS) is 20.2. The Bertz CT molecular complexity index is 388. The van der Waals surface area contributed by atoms with Crippen LogP contribution in [0.25, 0.3) is 0 Å². The van der Waals surface area contributed by atoms with Gasteiger partial charge in [0.2, 0.25) is 0 Å². The Hall–Kier alpha value is -0.970. The average molecular weight is 267 g/mol. The van der Waals surface area contributed by atoms with Gasteiger partial charge in [0.25, 0.3) is 0 Å². The molecule has 1 saturated heterocycles. The first-order chi connectivity index (χ1) is 9.16. The lowest BCUT2D eigenvalue weighted by Crippen LogP contribution is -2.49. The number of hydrogen-bond acceptors (Lipinski definition) is 3. The van der Waals surface area contributed by atoms with Gasteiger partial charge in [-0.25, -0.2) is 4.39 Å². The van der Waals surface area contributed by atoms with Crippen LogP contribution in [0.2, 0.25) is 0 Å². The molecule has 3 nitrogen and oxygen atoms in total. The van der Waals surface area contributed by atoms with Gasteiger partial charge in [-0.2, -0.15) is 0 Å². The number of halogens is 1. The standard InChI is InChI=1S/C15H22FNO2/c1-2-14(18)11-17-15(7-9-19-10-8-15)12-3-5-13(16)6-4-12/h3-6,14,17-18H,2,7-11H2,1H3/t14-/m1/s1. The molecule has 2 rings (SSSR count). The zero-order valence-corrected chi connectivity index (χ0v) is 11.4. The van der Waals surface area contributed by atoms with Crippen molar-refractivity contribution in [2.75, 3.05) is 19.8 Å². The van der Waals surface area contributed by atoms with Gasteiger partial charge >= 0.3 is 0 Å². The van der Waals surface area contributed by atoms with Crippen molar-refractivity contribution in [3.05, 3.63) is 35.6 Å². The van der Waals surface area contributed by atoms with Crippen LogP contribution in [0.4, 0.5) is 4.39 Å². The van der Waals surface area contributed by atoms with Crippen LogP contribution < -0.4 is 5.32 Å². The molecule has 0 unspecified atom stereocenters. The predicted molar refractivity (Wildman–Crippen MR) is 72.4 cm³/mol. The first kappa shape index (κ1) is 14.4. The smallest absolute Gasteiger partial charge is 0.123 e. The molecule has 0 radical (unpaired) electrons. The van der Waals surface area contributed by atoms with Crippen molar-refractivity contribution < 1.29 is 14.2 Å². The van der Waals surface area contributed by atoms with Crippen LogP contribution >= 0.6 is 0 Å². The van der Waals surface area contributed by atoms with Crippen molar-refractivity contribution >= 4 is 0 Å². The summed E-state index contributed by atoms with van der Waals surface area (Å²) in [4.78, 5) is 0. The zero-order chi connectivity index (χ0) is 13.7. The monoisotopic (exact) mass is 267 g/mol. The Morgan fingerprint density at radius 2 is 1.95 bits per heavy atom. The molecular weight excluding hydrogens is 245 g/mol. The van der Waals surface area contributed by atoms with Crippen LogP contribution in [0.1, 0.15) is 31.7 Å². The summed E-state index contributed by atoms with van der Waals surface area (Å²) >= 11 is 0. The molecule has 106 valence electrons. The van der Waals surface area contributed by atoms with E-state index in [9.17, 15) is 9.50 Å². The van der Waals surface area contributed by atoms with E-state index in [-0.39, 0.29) is 17.5 Å². The van der Waals surface area contributed by atoms with Crippen LogP contribution in [0.5, 0.6) is 0 Å². The number of rotatable bonds is 5. The van der Waals surface area contributed by atoms with Crippen LogP contribution in [-0.4, -0.2) is 31.0 Å². The Morgan fingerprint density at radius 1 is 1.32 bits per heavy atom. The third kappa shape index (κ3) is 3.53. The molecule has 1 heterocycles. The summed E-state index contributed by atoms with van der Waals surface area (Å²) in [6.07, 6.45) is 2.06. The van der Waals surface area contributed by atoms with Gasteiger partial charge in [-0.1, -0.05) is 19.1 Å². The molecule has 1 aliphatic rings. The van der Waals surface area contributed by atoms with Crippen molar-refractivity contribution in [3.63, 3.8) is 0 Å². The van der Waals surface area contributed by atoms with Crippen LogP contribution in [0, 0.1) is 5.82 Å². The summed E-state index contributed by atoms with van der Waals surface area (Å²) in [7, 11) is 0. The maximum atomic E-state index is 13.1. The first-order valence-electron chi connectivity index (χ1n) is 6.93. The predicted octanol–water partition coefficient (Wildman–Crippen LogP) is 2.19. The first-order valence-corrected chi connectivity index (χ1v) is 6.93. The van der Waals surface area contributed by atoms with Gasteiger partial charge in [0.1, 0.15) is 5.82 Å². The largest absolute Gasteiger partial charge is 0.392 e. The third-order valence-electron chi connectivity index (χ3n) is 3.89. The molecule has 0 spiro atoms. The number of ether oxygens (including phenoxy) is 1. The molecule has 1 atom stereocenters. The van der Waals surface area contributed by atoms with E-state index in [2.05, 4.69) is 5.32 Å². The molecule has 0 saturated carbocycles. The molecule has 19 heavy (non-hydrogen) atoms. The number of benzene rings is 1. The van der Waals surface area contributed by atoms with E-state index in [0.29, 0.717) is 19.8 Å². The molecule has 1 aromatic carbocycles. The van der Waals surface area contributed by atoms with Gasteiger partial charge in [0.15, 0.2) is 0 Å². The van der Waals surface area contributed by atoms with E-state index >= 15 is 0 Å². The van der Waals surface area contributed by atoms with Crippen molar-refractivity contribution in [1.82, 2.24) is 5.32 Å². The molecule has 1 fully saturated rings. The highest BCUT2D eigenvalue weighted by Crippen LogP contribution is 2.32. The summed E-state index contributed by atoms with van der Waals surface area (Å²) < 4.78 is 18.5. The second-order valence-corrected chi connectivity index (χ2v) is 5.14. The molecule has 0 aromatic heterocycles. The minimum absolute atomic E-state index is 0.206. The number of hydrogen-bond donors (Lipinski definition) is 2. The topological polar surface area (TPSA) is 41.5 Å². The Kier molecular flexibility index (Phi) is 4.91. The fourth-order valence-electron chi connectivity index (χ4n) is 2.51. The minimum Gasteiger partial charge on any atom is -0.392 e. The molecule has 4 heteroatoms. The van der Waals surface area contributed by atoms with E-state index in [4.69, 9.17) is 4.74 Å². The van der Waals surface area contributed by atoms with E-state index < -0.39 is 0 Å². The molecule has 0 aliphatic carbocycles. The summed E-state index contributed by atoms with van der Waals surface area (Å²) in [5.41, 5.74) is 0.864. The molecule has 1 aliphatic heterocycles. The second-order valence-electron chi connectivity index (χ2n) is 5.14. The lowest BCUT2D eigenvalue weighted by molar-refractivity contribution is 0.0298. The van der Waals surface area contributed by atoms with E-state index in [0.717, 1.165) is 24.8 Å². The zero-order valence-electron chi connectivity index (χ0n) is 11.4. The summed E-state index contributed by atoms with van der Waals surface area (Å²) in [5.74, 6) is -0.223. The van der Waals surface area contributed by atoms with Gasteiger partial charge in [-0.3, -0.25) is 0 Å². The quantitative estimate of drug-likeness (QED) is 0.859. The maximum absolute atomic E-state index is 13.1. The third-order valence-corrected chi connectivity index (χ3v) is 3.89. The summed E-state index contributed by atoms with van der Waals surface area (Å²) in [6.45, 7) is 3.88. The molecular formula is C15H22FNO2. The van der Waals surface area contributed by atoms with Crippen molar-refractivity contribution in [1.29, 1.82) is 0 Å². The second kappa shape index (κ2) is 6.46. The Morgan fingerprint density at radius 3 is 2.53 bits per heavy atom. The van der Waals surface area contributed by atoms with Gasteiger partial charge < -0.3 is 15.2 Å². The van der Waals surface area contributed by atoms with Gasteiger partial charge in [-0.15, -0.1) is 0 Å². The number of nitrogens with one attached hydrogen (secondary N) is 1. The fraction of sp³-hybridized carbons (Fsp3) is 0.600. The highest BCUT2D eigenvalue weighted by molar-refractivity contribution is 5.25. The molecule has 0 amide bonds. The fourth-order valence-corrected chi connectivity index (χ4v) is 2.51. The van der Waals surface area contributed by atoms with Crippen LogP contribution in [0.3, 0.4) is 0 Å². The van der Waals surface area contributed by atoms with E-state index in [1.165, 1.54) is 12.1 Å². The molecule has 1 aromatic rings. The van der Waals surface area contributed by atoms with Gasteiger partial charge in [0.05, 0.1) is 6.10 Å². The summed E-state index contributed by atoms with van der Waals surface area (Å²) in [6, 6.07) is 6.63. The number of aliphatic hydroxyl groups excluding tert-OH is 1. The van der Waals surface area contributed by atoms with Crippen molar-refractivity contribution in [2.45, 2.75) is 37.8 Å². The highest BCUT2D eigenvalue weighted by atomic mass is 19.1. The maximum Gasteiger partial charge on any atom is 0.123 e. The molecule has 0 bridgehead atoms. The van der Waals surface area contributed by atoms with Crippen LogP contribution in [-0.2, 0) is 10.3 Å². The average Bonchev–Trinajstić information content (AvgIpc) is 2.46. The Labute approximate surface area is 113 Å². The number of aliphatic hydroxyl groups is 1. The minimum atomic E-state index is -0.347. The lowest BCUT2D eigenvalue weighted by Gasteiger charge is -2.39.